The molecule has 1 nitrogen and oxygen atoms in total. The van der Waals surface area contributed by atoms with E-state index in [4.69, 9.17) is 6.42 Å². The van der Waals surface area contributed by atoms with E-state index in [1.807, 2.05) is 0 Å². The summed E-state index contributed by atoms with van der Waals surface area (Å²) in [6.07, 6.45) is 5.12. The molecule has 1 aromatic rings. The van der Waals surface area contributed by atoms with Crippen molar-refractivity contribution in [3.05, 3.63) is 33.8 Å². The molecular formula is C11H12BrN. The van der Waals surface area contributed by atoms with Crippen LogP contribution in [0, 0.1) is 19.3 Å². The molecule has 13 heavy (non-hydrogen) atoms. The zero-order chi connectivity index (χ0) is 9.68. The fourth-order valence-corrected chi connectivity index (χ4v) is 1.45. The Labute approximate surface area is 87.7 Å². The normalized spacial score (nSPS) is 9.62. The molecule has 1 rings (SSSR count). The molecule has 1 N–H and O–H groups in total. The van der Waals surface area contributed by atoms with Crippen LogP contribution in [0.5, 0.6) is 0 Å². The van der Waals surface area contributed by atoms with Crippen molar-refractivity contribution in [3.63, 3.8) is 0 Å². The lowest BCUT2D eigenvalue weighted by Gasteiger charge is -2.03. The van der Waals surface area contributed by atoms with Gasteiger partial charge < -0.3 is 5.32 Å². The molecule has 2 heteroatoms. The Morgan fingerprint density at radius 2 is 2.31 bits per heavy atom. The molecule has 0 amide bonds. The molecular weight excluding hydrogens is 226 g/mol. The van der Waals surface area contributed by atoms with Crippen LogP contribution >= 0.6 is 15.9 Å². The number of hydrogen-bond donors (Lipinski definition) is 1. The summed E-state index contributed by atoms with van der Waals surface area (Å²) >= 11 is 3.49. The molecule has 0 atom stereocenters. The fourth-order valence-electron chi connectivity index (χ4n) is 1.03. The van der Waals surface area contributed by atoms with Crippen LogP contribution in [0.2, 0.25) is 0 Å². The van der Waals surface area contributed by atoms with E-state index in [1.54, 1.807) is 0 Å². The second-order valence-electron chi connectivity index (χ2n) is 2.89. The Bertz CT molecular complexity index is 325. The Balaban J connectivity index is 2.59. The number of terminal acetylenes is 1. The lowest BCUT2D eigenvalue weighted by Crippen LogP contribution is -2.12. The van der Waals surface area contributed by atoms with Gasteiger partial charge in [-0.3, -0.25) is 0 Å². The Hall–Kier alpha value is -0.780. The zero-order valence-corrected chi connectivity index (χ0v) is 9.19. The summed E-state index contributed by atoms with van der Waals surface area (Å²) in [6.45, 7) is 3.51. The largest absolute Gasteiger partial charge is 0.302 e. The molecule has 0 aliphatic carbocycles. The van der Waals surface area contributed by atoms with Crippen molar-refractivity contribution < 1.29 is 0 Å². The van der Waals surface area contributed by atoms with Gasteiger partial charge in [-0.2, -0.15) is 0 Å². The van der Waals surface area contributed by atoms with Gasteiger partial charge in [0.05, 0.1) is 6.54 Å². The predicted molar refractivity (Wildman–Crippen MR) is 59.4 cm³/mol. The fraction of sp³-hybridized carbons (Fsp3) is 0.273. The standard InChI is InChI=1S/C11H12BrN/c1-3-6-13-8-10-5-4-9(2)11(12)7-10/h1,4-5,7,13H,6,8H2,2H3. The maximum Gasteiger partial charge on any atom is 0.0576 e. The zero-order valence-electron chi connectivity index (χ0n) is 7.60. The van der Waals surface area contributed by atoms with Crippen molar-refractivity contribution in [1.82, 2.24) is 5.32 Å². The Kier molecular flexibility index (Phi) is 4.01. The van der Waals surface area contributed by atoms with Crippen LogP contribution < -0.4 is 5.32 Å². The van der Waals surface area contributed by atoms with Gasteiger partial charge >= 0.3 is 0 Å². The summed E-state index contributed by atoms with van der Waals surface area (Å²) in [6, 6.07) is 6.30. The van der Waals surface area contributed by atoms with E-state index < -0.39 is 0 Å². The van der Waals surface area contributed by atoms with Crippen molar-refractivity contribution in [2.75, 3.05) is 6.54 Å². The molecule has 0 spiro atoms. The molecule has 0 unspecified atom stereocenters. The van der Waals surface area contributed by atoms with Gasteiger partial charge in [-0.05, 0) is 24.1 Å². The van der Waals surface area contributed by atoms with Gasteiger partial charge in [0.15, 0.2) is 0 Å². The number of benzene rings is 1. The molecule has 0 bridgehead atoms. The molecule has 0 heterocycles. The minimum absolute atomic E-state index is 0.617. The van der Waals surface area contributed by atoms with E-state index in [9.17, 15) is 0 Å². The Morgan fingerprint density at radius 1 is 1.54 bits per heavy atom. The highest BCUT2D eigenvalue weighted by atomic mass is 79.9. The van der Waals surface area contributed by atoms with E-state index in [2.05, 4.69) is 52.3 Å². The monoisotopic (exact) mass is 237 g/mol. The van der Waals surface area contributed by atoms with Crippen LogP contribution in [0.3, 0.4) is 0 Å². The third kappa shape index (κ3) is 3.22. The first-order valence-corrected chi connectivity index (χ1v) is 4.92. The van der Waals surface area contributed by atoms with Crippen molar-refractivity contribution in [3.8, 4) is 12.3 Å². The van der Waals surface area contributed by atoms with E-state index in [0.717, 1.165) is 11.0 Å². The number of aryl methyl sites for hydroxylation is 1. The maximum absolute atomic E-state index is 5.12. The molecule has 1 aromatic carbocycles. The molecule has 0 radical (unpaired) electrons. The van der Waals surface area contributed by atoms with Gasteiger partial charge in [-0.25, -0.2) is 0 Å². The lowest BCUT2D eigenvalue weighted by atomic mass is 10.1. The minimum Gasteiger partial charge on any atom is -0.302 e. The number of hydrogen-bond acceptors (Lipinski definition) is 1. The highest BCUT2D eigenvalue weighted by Crippen LogP contribution is 2.17. The van der Waals surface area contributed by atoms with E-state index >= 15 is 0 Å². The number of rotatable bonds is 3. The first kappa shape index (κ1) is 10.3. The highest BCUT2D eigenvalue weighted by molar-refractivity contribution is 9.10. The van der Waals surface area contributed by atoms with Crippen LogP contribution in [-0.4, -0.2) is 6.54 Å². The number of halogens is 1. The topological polar surface area (TPSA) is 12.0 Å². The highest BCUT2D eigenvalue weighted by Gasteiger charge is 1.96. The van der Waals surface area contributed by atoms with E-state index in [1.165, 1.54) is 11.1 Å². The van der Waals surface area contributed by atoms with Crippen LogP contribution in [0.25, 0.3) is 0 Å². The van der Waals surface area contributed by atoms with Crippen LogP contribution in [-0.2, 0) is 6.54 Å². The average molecular weight is 238 g/mol. The second-order valence-corrected chi connectivity index (χ2v) is 3.75. The molecule has 0 saturated heterocycles. The number of nitrogens with one attached hydrogen (secondary N) is 1. The first-order chi connectivity index (χ1) is 6.24. The third-order valence-corrected chi connectivity index (χ3v) is 2.65. The maximum atomic E-state index is 5.12. The average Bonchev–Trinajstić information content (AvgIpc) is 2.12. The van der Waals surface area contributed by atoms with E-state index in [-0.39, 0.29) is 0 Å². The lowest BCUT2D eigenvalue weighted by molar-refractivity contribution is 0.769. The predicted octanol–water partition coefficient (Wildman–Crippen LogP) is 2.48. The van der Waals surface area contributed by atoms with Gasteiger partial charge in [0.2, 0.25) is 0 Å². The summed E-state index contributed by atoms with van der Waals surface area (Å²) in [5.74, 6) is 2.54. The van der Waals surface area contributed by atoms with E-state index in [0.29, 0.717) is 6.54 Å². The van der Waals surface area contributed by atoms with Gasteiger partial charge in [0, 0.05) is 11.0 Å². The summed E-state index contributed by atoms with van der Waals surface area (Å²) in [5, 5.41) is 3.14. The minimum atomic E-state index is 0.617. The third-order valence-electron chi connectivity index (χ3n) is 1.79. The Morgan fingerprint density at radius 3 is 2.92 bits per heavy atom. The quantitative estimate of drug-likeness (QED) is 0.630. The SMILES string of the molecule is C#CCNCc1ccc(C)c(Br)c1. The molecule has 0 saturated carbocycles. The van der Waals surface area contributed by atoms with Gasteiger partial charge in [0.25, 0.3) is 0 Å². The van der Waals surface area contributed by atoms with Gasteiger partial charge in [0.1, 0.15) is 0 Å². The smallest absolute Gasteiger partial charge is 0.0576 e. The van der Waals surface area contributed by atoms with Crippen molar-refractivity contribution >= 4 is 15.9 Å². The van der Waals surface area contributed by atoms with Crippen LogP contribution in [0.1, 0.15) is 11.1 Å². The molecule has 0 aliphatic rings. The summed E-state index contributed by atoms with van der Waals surface area (Å²) in [5.41, 5.74) is 2.49. The molecule has 0 fully saturated rings. The summed E-state index contributed by atoms with van der Waals surface area (Å²) in [4.78, 5) is 0. The van der Waals surface area contributed by atoms with Gasteiger partial charge in [-0.1, -0.05) is 34.0 Å². The van der Waals surface area contributed by atoms with Crippen molar-refractivity contribution in [1.29, 1.82) is 0 Å². The molecule has 0 aromatic heterocycles. The summed E-state index contributed by atoms with van der Waals surface area (Å²) < 4.78 is 1.15. The van der Waals surface area contributed by atoms with Crippen molar-refractivity contribution in [2.45, 2.75) is 13.5 Å². The summed E-state index contributed by atoms with van der Waals surface area (Å²) in [7, 11) is 0. The second kappa shape index (κ2) is 5.06. The van der Waals surface area contributed by atoms with Crippen molar-refractivity contribution in [2.24, 2.45) is 0 Å². The van der Waals surface area contributed by atoms with Crippen LogP contribution in [0.15, 0.2) is 22.7 Å². The molecule has 0 aliphatic heterocycles. The van der Waals surface area contributed by atoms with Gasteiger partial charge in [-0.15, -0.1) is 6.42 Å². The van der Waals surface area contributed by atoms with Crippen LogP contribution in [0.4, 0.5) is 0 Å². The first-order valence-electron chi connectivity index (χ1n) is 4.13. The molecule has 68 valence electrons.